The van der Waals surface area contributed by atoms with Crippen molar-refractivity contribution in [2.45, 2.75) is 6.61 Å². The number of rotatable bonds is 5. The predicted octanol–water partition coefficient (Wildman–Crippen LogP) is 4.01. The molecule has 0 aromatic heterocycles. The van der Waals surface area contributed by atoms with Crippen LogP contribution in [-0.4, -0.2) is 18.1 Å². The van der Waals surface area contributed by atoms with Crippen LogP contribution in [-0.2, 0) is 11.3 Å². The number of hydrogen-bond donors (Lipinski definition) is 1. The molecule has 0 spiro atoms. The molecule has 0 bridgehead atoms. The van der Waals surface area contributed by atoms with Crippen LogP contribution in [0.2, 0.25) is 5.02 Å². The van der Waals surface area contributed by atoms with E-state index in [0.29, 0.717) is 0 Å². The van der Waals surface area contributed by atoms with Crippen molar-refractivity contribution >= 4 is 29.1 Å². The van der Waals surface area contributed by atoms with Gasteiger partial charge in [-0.05, 0) is 11.6 Å². The number of nitrogens with zero attached hydrogens (tertiary/aromatic N) is 1. The molecular formula is C15H13ClN2O5. The highest BCUT2D eigenvalue weighted by atomic mass is 35.5. The number of nitrogens with one attached hydrogen (secondary N) is 1. The van der Waals surface area contributed by atoms with Crippen molar-refractivity contribution in [1.29, 1.82) is 0 Å². The molecule has 0 fully saturated rings. The smallest absolute Gasteiger partial charge is 0.412 e. The standard InChI is InChI=1S/C15H13ClN2O5/c1-22-12-8-7-11(18(20)21)14(13(12)16)17-15(19)23-9-10-5-3-2-4-6-10/h2-8H,9H2,1H3,(H,17,19). The summed E-state index contributed by atoms with van der Waals surface area (Å²) in [6, 6.07) is 11.6. The number of anilines is 1. The van der Waals surface area contributed by atoms with Crippen LogP contribution in [0.5, 0.6) is 5.75 Å². The topological polar surface area (TPSA) is 90.7 Å². The number of halogens is 1. The van der Waals surface area contributed by atoms with Crippen molar-refractivity contribution in [3.63, 3.8) is 0 Å². The molecule has 120 valence electrons. The third kappa shape index (κ3) is 4.10. The second-order valence-electron chi connectivity index (χ2n) is 4.42. The van der Waals surface area contributed by atoms with Crippen molar-refractivity contribution in [1.82, 2.24) is 0 Å². The van der Waals surface area contributed by atoms with E-state index in [1.165, 1.54) is 19.2 Å². The van der Waals surface area contributed by atoms with E-state index in [9.17, 15) is 14.9 Å². The Morgan fingerprint density at radius 2 is 1.96 bits per heavy atom. The summed E-state index contributed by atoms with van der Waals surface area (Å²) < 4.78 is 10.0. The molecule has 23 heavy (non-hydrogen) atoms. The summed E-state index contributed by atoms with van der Waals surface area (Å²) in [5.41, 5.74) is 0.260. The van der Waals surface area contributed by atoms with Crippen molar-refractivity contribution in [3.8, 4) is 5.75 Å². The number of carbonyl (C=O) groups excluding carboxylic acids is 1. The molecule has 0 saturated carbocycles. The molecule has 8 heteroatoms. The van der Waals surface area contributed by atoms with E-state index in [1.807, 2.05) is 6.07 Å². The minimum absolute atomic E-state index is 0.0298. The largest absolute Gasteiger partial charge is 0.495 e. The second-order valence-corrected chi connectivity index (χ2v) is 4.80. The zero-order valence-corrected chi connectivity index (χ0v) is 12.9. The van der Waals surface area contributed by atoms with Crippen LogP contribution < -0.4 is 10.1 Å². The SMILES string of the molecule is COc1ccc([N+](=O)[O-])c(NC(=O)OCc2ccccc2)c1Cl. The van der Waals surface area contributed by atoms with Gasteiger partial charge in [-0.1, -0.05) is 41.9 Å². The molecule has 0 aliphatic rings. The van der Waals surface area contributed by atoms with Gasteiger partial charge in [0, 0.05) is 6.07 Å². The van der Waals surface area contributed by atoms with Crippen LogP contribution in [0, 0.1) is 10.1 Å². The minimum atomic E-state index is -0.855. The van der Waals surface area contributed by atoms with E-state index in [2.05, 4.69) is 5.32 Å². The van der Waals surface area contributed by atoms with Gasteiger partial charge in [-0.15, -0.1) is 0 Å². The molecule has 2 aromatic carbocycles. The highest BCUT2D eigenvalue weighted by Crippen LogP contribution is 2.39. The molecular weight excluding hydrogens is 324 g/mol. The lowest BCUT2D eigenvalue weighted by molar-refractivity contribution is -0.383. The first-order valence-electron chi connectivity index (χ1n) is 6.51. The van der Waals surface area contributed by atoms with Crippen LogP contribution in [0.25, 0.3) is 0 Å². The molecule has 2 rings (SSSR count). The van der Waals surface area contributed by atoms with Crippen LogP contribution >= 0.6 is 11.6 Å². The van der Waals surface area contributed by atoms with Gasteiger partial charge in [-0.25, -0.2) is 4.79 Å². The summed E-state index contributed by atoms with van der Waals surface area (Å²) in [5, 5.41) is 13.3. The Kier molecular flexibility index (Phi) is 5.37. The fourth-order valence-corrected chi connectivity index (χ4v) is 2.12. The number of hydrogen-bond acceptors (Lipinski definition) is 5. The Bertz CT molecular complexity index is 721. The Hall–Kier alpha value is -2.80. The normalized spacial score (nSPS) is 10.0. The first-order valence-corrected chi connectivity index (χ1v) is 6.89. The number of ether oxygens (including phenoxy) is 2. The molecule has 1 N–H and O–H groups in total. The molecule has 0 unspecified atom stereocenters. The molecule has 2 aromatic rings. The van der Waals surface area contributed by atoms with Gasteiger partial charge in [-0.3, -0.25) is 15.4 Å². The molecule has 0 aliphatic carbocycles. The van der Waals surface area contributed by atoms with Gasteiger partial charge in [0.25, 0.3) is 5.69 Å². The summed E-state index contributed by atoms with van der Waals surface area (Å²) >= 11 is 6.02. The van der Waals surface area contributed by atoms with E-state index in [4.69, 9.17) is 21.1 Å². The van der Waals surface area contributed by atoms with Crippen LogP contribution in [0.4, 0.5) is 16.2 Å². The fraction of sp³-hybridized carbons (Fsp3) is 0.133. The molecule has 0 atom stereocenters. The second kappa shape index (κ2) is 7.46. The van der Waals surface area contributed by atoms with Gasteiger partial charge in [0.2, 0.25) is 0 Å². The lowest BCUT2D eigenvalue weighted by Crippen LogP contribution is -2.15. The summed E-state index contributed by atoms with van der Waals surface area (Å²) in [7, 11) is 1.37. The van der Waals surface area contributed by atoms with Gasteiger partial charge in [0.15, 0.2) is 0 Å². The number of nitro benzene ring substituents is 1. The summed E-state index contributed by atoms with van der Waals surface area (Å²) in [4.78, 5) is 22.3. The van der Waals surface area contributed by atoms with Crippen molar-refractivity contribution in [3.05, 3.63) is 63.2 Å². The van der Waals surface area contributed by atoms with Gasteiger partial charge < -0.3 is 9.47 Å². The lowest BCUT2D eigenvalue weighted by Gasteiger charge is -2.11. The highest BCUT2D eigenvalue weighted by molar-refractivity contribution is 6.35. The van der Waals surface area contributed by atoms with E-state index >= 15 is 0 Å². The molecule has 1 amide bonds. The van der Waals surface area contributed by atoms with E-state index < -0.39 is 11.0 Å². The van der Waals surface area contributed by atoms with Crippen LogP contribution in [0.1, 0.15) is 5.56 Å². The molecule has 0 aliphatic heterocycles. The van der Waals surface area contributed by atoms with Crippen molar-refractivity contribution in [2.75, 3.05) is 12.4 Å². The summed E-state index contributed by atoms with van der Waals surface area (Å²) in [6.45, 7) is 0.0298. The highest BCUT2D eigenvalue weighted by Gasteiger charge is 2.22. The van der Waals surface area contributed by atoms with E-state index in [-0.39, 0.29) is 28.8 Å². The quantitative estimate of drug-likeness (QED) is 0.658. The van der Waals surface area contributed by atoms with Crippen molar-refractivity contribution in [2.24, 2.45) is 0 Å². The summed E-state index contributed by atoms with van der Waals surface area (Å²) in [5.74, 6) is 0.204. The number of methoxy groups -OCH3 is 1. The van der Waals surface area contributed by atoms with Gasteiger partial charge in [0.1, 0.15) is 23.1 Å². The number of nitro groups is 1. The predicted molar refractivity (Wildman–Crippen MR) is 84.9 cm³/mol. The third-order valence-corrected chi connectivity index (χ3v) is 3.32. The Labute approximate surface area is 136 Å². The first-order chi connectivity index (χ1) is 11.0. The van der Waals surface area contributed by atoms with Crippen molar-refractivity contribution < 1.29 is 19.2 Å². The zero-order chi connectivity index (χ0) is 16.8. The van der Waals surface area contributed by atoms with E-state index in [1.54, 1.807) is 24.3 Å². The maximum absolute atomic E-state index is 11.9. The molecule has 0 heterocycles. The zero-order valence-electron chi connectivity index (χ0n) is 12.1. The molecule has 7 nitrogen and oxygen atoms in total. The minimum Gasteiger partial charge on any atom is -0.495 e. The van der Waals surface area contributed by atoms with Gasteiger partial charge >= 0.3 is 6.09 Å². The number of carbonyl (C=O) groups is 1. The molecule has 0 saturated heterocycles. The summed E-state index contributed by atoms with van der Waals surface area (Å²) in [6.07, 6.45) is -0.855. The van der Waals surface area contributed by atoms with Gasteiger partial charge in [0.05, 0.1) is 12.0 Å². The van der Waals surface area contributed by atoms with Crippen LogP contribution in [0.15, 0.2) is 42.5 Å². The van der Waals surface area contributed by atoms with Gasteiger partial charge in [-0.2, -0.15) is 0 Å². The van der Waals surface area contributed by atoms with Crippen LogP contribution in [0.3, 0.4) is 0 Å². The lowest BCUT2D eigenvalue weighted by atomic mass is 10.2. The maximum atomic E-state index is 11.9. The first kappa shape index (κ1) is 16.6. The Morgan fingerprint density at radius 1 is 1.26 bits per heavy atom. The average molecular weight is 337 g/mol. The monoisotopic (exact) mass is 336 g/mol. The molecule has 0 radical (unpaired) electrons. The Morgan fingerprint density at radius 3 is 2.57 bits per heavy atom. The number of benzene rings is 2. The Balaban J connectivity index is 2.14. The average Bonchev–Trinajstić information content (AvgIpc) is 2.55. The maximum Gasteiger partial charge on any atom is 0.412 e. The van der Waals surface area contributed by atoms with E-state index in [0.717, 1.165) is 5.56 Å². The number of amides is 1. The third-order valence-electron chi connectivity index (χ3n) is 2.94. The fourth-order valence-electron chi connectivity index (χ4n) is 1.84.